The van der Waals surface area contributed by atoms with Crippen LogP contribution >= 0.6 is 0 Å². The molecule has 1 aliphatic heterocycles. The number of unbranched alkanes of at least 4 members (excludes halogenated alkanes) is 1. The maximum Gasteiger partial charge on any atom is 0.250 e. The van der Waals surface area contributed by atoms with Crippen molar-refractivity contribution in [1.29, 1.82) is 0 Å². The fourth-order valence-electron chi connectivity index (χ4n) is 5.11. The van der Waals surface area contributed by atoms with E-state index in [2.05, 4.69) is 27.8 Å². The first-order chi connectivity index (χ1) is 15.1. The molecule has 0 radical (unpaired) electrons. The zero-order valence-electron chi connectivity index (χ0n) is 18.0. The van der Waals surface area contributed by atoms with E-state index < -0.39 is 0 Å². The average molecular weight is 426 g/mol. The molecule has 1 aromatic heterocycles. The number of likely N-dealkylation sites (tertiary alicyclic amines) is 1. The van der Waals surface area contributed by atoms with Crippen molar-refractivity contribution >= 4 is 17.8 Å². The minimum atomic E-state index is -0.114. The molecule has 4 unspecified atom stereocenters. The summed E-state index contributed by atoms with van der Waals surface area (Å²) in [4.78, 5) is 42.8. The fraction of sp³-hybridized carbons (Fsp3) is 0.565. The molecule has 166 valence electrons. The Bertz CT molecular complexity index is 907. The van der Waals surface area contributed by atoms with Gasteiger partial charge < -0.3 is 15.2 Å². The molecule has 2 aliphatic carbocycles. The summed E-state index contributed by atoms with van der Waals surface area (Å²) in [6.45, 7) is 2.55. The molecule has 0 spiro atoms. The number of guanidine groups is 1. The van der Waals surface area contributed by atoms with Gasteiger partial charge in [-0.3, -0.25) is 24.3 Å². The SMILES string of the molecule is CN=C(NCCCCn1ccccc1=O)NCCCN1C(=O)C2C3C=CC(C3)C2C1=O. The van der Waals surface area contributed by atoms with Crippen LogP contribution in [0.25, 0.3) is 0 Å². The Morgan fingerprint density at radius 2 is 1.65 bits per heavy atom. The van der Waals surface area contributed by atoms with Gasteiger partial charge in [-0.05, 0) is 43.6 Å². The summed E-state index contributed by atoms with van der Waals surface area (Å²) in [5, 5.41) is 6.51. The Hall–Kier alpha value is -2.90. The predicted molar refractivity (Wildman–Crippen MR) is 118 cm³/mol. The summed E-state index contributed by atoms with van der Waals surface area (Å²) >= 11 is 0. The number of hydrogen-bond donors (Lipinski definition) is 2. The van der Waals surface area contributed by atoms with Gasteiger partial charge in [0, 0.05) is 45.5 Å². The second-order valence-electron chi connectivity index (χ2n) is 8.55. The van der Waals surface area contributed by atoms with Crippen molar-refractivity contribution in [2.75, 3.05) is 26.7 Å². The van der Waals surface area contributed by atoms with Gasteiger partial charge in [0.15, 0.2) is 5.96 Å². The third-order valence-electron chi connectivity index (χ3n) is 6.65. The molecule has 4 atom stereocenters. The van der Waals surface area contributed by atoms with Crippen molar-refractivity contribution in [3.63, 3.8) is 0 Å². The van der Waals surface area contributed by atoms with Crippen molar-refractivity contribution < 1.29 is 9.59 Å². The zero-order valence-corrected chi connectivity index (χ0v) is 18.0. The van der Waals surface area contributed by atoms with E-state index in [0.29, 0.717) is 32.0 Å². The first-order valence-electron chi connectivity index (χ1n) is 11.2. The fourth-order valence-corrected chi connectivity index (χ4v) is 5.11. The summed E-state index contributed by atoms with van der Waals surface area (Å²) in [7, 11) is 1.72. The zero-order chi connectivity index (χ0) is 21.8. The van der Waals surface area contributed by atoms with E-state index in [4.69, 9.17) is 0 Å². The summed E-state index contributed by atoms with van der Waals surface area (Å²) in [6.07, 6.45) is 9.51. The lowest BCUT2D eigenvalue weighted by molar-refractivity contribution is -0.140. The van der Waals surface area contributed by atoms with Crippen LogP contribution < -0.4 is 16.2 Å². The minimum Gasteiger partial charge on any atom is -0.356 e. The second kappa shape index (κ2) is 9.49. The molecule has 2 bridgehead atoms. The quantitative estimate of drug-likeness (QED) is 0.202. The number of aromatic nitrogens is 1. The lowest BCUT2D eigenvalue weighted by Crippen LogP contribution is -2.40. The molecule has 8 nitrogen and oxygen atoms in total. The molecule has 31 heavy (non-hydrogen) atoms. The number of rotatable bonds is 9. The van der Waals surface area contributed by atoms with Gasteiger partial charge in [0.1, 0.15) is 0 Å². The Labute approximate surface area is 182 Å². The Kier molecular flexibility index (Phi) is 6.53. The van der Waals surface area contributed by atoms with Crippen LogP contribution in [0.3, 0.4) is 0 Å². The molecule has 8 heteroatoms. The molecular formula is C23H31N5O3. The van der Waals surface area contributed by atoms with Gasteiger partial charge in [-0.25, -0.2) is 0 Å². The van der Waals surface area contributed by atoms with Gasteiger partial charge in [0.2, 0.25) is 17.4 Å². The first-order valence-corrected chi connectivity index (χ1v) is 11.2. The lowest BCUT2D eigenvalue weighted by Gasteiger charge is -2.18. The molecule has 2 N–H and O–H groups in total. The topological polar surface area (TPSA) is 95.8 Å². The summed E-state index contributed by atoms with van der Waals surface area (Å²) < 4.78 is 1.71. The maximum absolute atomic E-state index is 12.7. The average Bonchev–Trinajstić information content (AvgIpc) is 3.45. The molecule has 0 aromatic carbocycles. The highest BCUT2D eigenvalue weighted by molar-refractivity contribution is 6.06. The number of imide groups is 1. The molecule has 4 rings (SSSR count). The van der Waals surface area contributed by atoms with Gasteiger partial charge in [-0.15, -0.1) is 0 Å². The van der Waals surface area contributed by atoms with Crippen LogP contribution in [-0.4, -0.2) is 53.9 Å². The highest BCUT2D eigenvalue weighted by Gasteiger charge is 2.58. The highest BCUT2D eigenvalue weighted by Crippen LogP contribution is 2.52. The molecule has 3 aliphatic rings. The van der Waals surface area contributed by atoms with Crippen LogP contribution in [-0.2, 0) is 16.1 Å². The van der Waals surface area contributed by atoms with Gasteiger partial charge in [-0.1, -0.05) is 18.2 Å². The molecule has 1 aromatic rings. The second-order valence-corrected chi connectivity index (χ2v) is 8.55. The third-order valence-corrected chi connectivity index (χ3v) is 6.65. The Morgan fingerprint density at radius 3 is 2.29 bits per heavy atom. The van der Waals surface area contributed by atoms with Crippen LogP contribution in [0, 0.1) is 23.7 Å². The van der Waals surface area contributed by atoms with Crippen LogP contribution in [0.1, 0.15) is 25.7 Å². The van der Waals surface area contributed by atoms with Crippen molar-refractivity contribution in [2.24, 2.45) is 28.7 Å². The van der Waals surface area contributed by atoms with Gasteiger partial charge in [0.05, 0.1) is 11.8 Å². The Morgan fingerprint density at radius 1 is 0.968 bits per heavy atom. The number of nitrogens with zero attached hydrogens (tertiary/aromatic N) is 3. The first kappa shape index (κ1) is 21.3. The molecule has 2 fully saturated rings. The van der Waals surface area contributed by atoms with Gasteiger partial charge >= 0.3 is 0 Å². The molecular weight excluding hydrogens is 394 g/mol. The van der Waals surface area contributed by atoms with Gasteiger partial charge in [0.25, 0.3) is 0 Å². The normalized spacial score (nSPS) is 26.6. The third kappa shape index (κ3) is 4.43. The number of allylic oxidation sites excluding steroid dienone is 2. The van der Waals surface area contributed by atoms with Crippen molar-refractivity contribution in [3.8, 4) is 0 Å². The van der Waals surface area contributed by atoms with E-state index in [9.17, 15) is 14.4 Å². The maximum atomic E-state index is 12.7. The number of amides is 2. The number of fused-ring (bicyclic) bond motifs is 5. The highest BCUT2D eigenvalue weighted by atomic mass is 16.2. The van der Waals surface area contributed by atoms with Crippen molar-refractivity contribution in [2.45, 2.75) is 32.2 Å². The van der Waals surface area contributed by atoms with Crippen LogP contribution in [0.5, 0.6) is 0 Å². The number of carbonyl (C=O) groups is 2. The van der Waals surface area contributed by atoms with E-state index in [-0.39, 0.29) is 41.0 Å². The van der Waals surface area contributed by atoms with Crippen LogP contribution in [0.15, 0.2) is 46.3 Å². The smallest absolute Gasteiger partial charge is 0.250 e. The van der Waals surface area contributed by atoms with Crippen molar-refractivity contribution in [3.05, 3.63) is 46.9 Å². The standard InChI is InChI=1S/C23H31N5O3/c1-24-23(25-10-3-5-13-27-12-4-2-7-18(27)29)26-11-6-14-28-21(30)19-16-8-9-17(15-16)20(19)22(28)31/h2,4,7-9,12,16-17,19-20H,3,5-6,10-11,13-15H2,1H3,(H2,24,25,26). The molecule has 1 saturated carbocycles. The minimum absolute atomic E-state index is 0.0203. The van der Waals surface area contributed by atoms with E-state index in [1.165, 1.54) is 4.90 Å². The van der Waals surface area contributed by atoms with E-state index in [0.717, 1.165) is 25.8 Å². The molecule has 2 amide bonds. The predicted octanol–water partition coefficient (Wildman–Crippen LogP) is 0.991. The molecule has 2 heterocycles. The number of hydrogen-bond acceptors (Lipinski definition) is 4. The van der Waals surface area contributed by atoms with E-state index in [1.54, 1.807) is 29.9 Å². The van der Waals surface area contributed by atoms with E-state index >= 15 is 0 Å². The Balaban J connectivity index is 1.12. The monoisotopic (exact) mass is 425 g/mol. The lowest BCUT2D eigenvalue weighted by atomic mass is 9.85. The number of nitrogens with one attached hydrogen (secondary N) is 2. The summed E-state index contributed by atoms with van der Waals surface area (Å²) in [5.41, 5.74) is 0.0236. The number of carbonyl (C=O) groups excluding carboxylic acids is 2. The van der Waals surface area contributed by atoms with Crippen molar-refractivity contribution in [1.82, 2.24) is 20.1 Å². The largest absolute Gasteiger partial charge is 0.356 e. The summed E-state index contributed by atoms with van der Waals surface area (Å²) in [5.74, 6) is 1.04. The summed E-state index contributed by atoms with van der Waals surface area (Å²) in [6, 6.07) is 5.18. The van der Waals surface area contributed by atoms with Crippen LogP contribution in [0.4, 0.5) is 0 Å². The van der Waals surface area contributed by atoms with Gasteiger partial charge in [-0.2, -0.15) is 0 Å². The number of aryl methyl sites for hydroxylation is 1. The van der Waals surface area contributed by atoms with Crippen LogP contribution in [0.2, 0.25) is 0 Å². The molecule has 1 saturated heterocycles. The number of pyridine rings is 1. The number of aliphatic imine (C=N–C) groups is 1. The van der Waals surface area contributed by atoms with E-state index in [1.807, 2.05) is 6.07 Å².